The number of fused-ring (bicyclic) bond motifs is 1. The van der Waals surface area contributed by atoms with Gasteiger partial charge in [0.05, 0.1) is 12.1 Å². The van der Waals surface area contributed by atoms with Crippen LogP contribution in [0.1, 0.15) is 16.8 Å². The molecule has 2 aliphatic rings. The highest BCUT2D eigenvalue weighted by Crippen LogP contribution is 2.49. The van der Waals surface area contributed by atoms with E-state index < -0.39 is 0 Å². The predicted octanol–water partition coefficient (Wildman–Crippen LogP) is 4.57. The lowest BCUT2D eigenvalue weighted by atomic mass is 10.0. The van der Waals surface area contributed by atoms with Crippen LogP contribution < -0.4 is 10.1 Å². The molecule has 0 radical (unpaired) electrons. The van der Waals surface area contributed by atoms with Crippen molar-refractivity contribution in [2.24, 2.45) is 5.92 Å². The number of halogens is 1. The minimum absolute atomic E-state index is 0.121. The molecule has 3 aromatic rings. The van der Waals surface area contributed by atoms with Crippen molar-refractivity contribution in [1.82, 2.24) is 10.2 Å². The van der Waals surface area contributed by atoms with E-state index in [9.17, 15) is 9.18 Å². The molecule has 1 aliphatic carbocycles. The number of carbonyl (C=O) groups is 1. The molecule has 1 aliphatic heterocycles. The summed E-state index contributed by atoms with van der Waals surface area (Å²) < 4.78 is 19.1. The first-order chi connectivity index (χ1) is 15.1. The highest BCUT2D eigenvalue weighted by Gasteiger charge is 2.61. The normalized spacial score (nSPS) is 21.2. The topological polar surface area (TPSA) is 65.4 Å². The average Bonchev–Trinajstić information content (AvgIpc) is 3.34. The summed E-state index contributed by atoms with van der Waals surface area (Å²) in [4.78, 5) is 14.4. The van der Waals surface area contributed by atoms with Crippen molar-refractivity contribution in [2.75, 3.05) is 13.1 Å². The number of amides is 1. The molecule has 154 valence electrons. The molecule has 0 aromatic heterocycles. The van der Waals surface area contributed by atoms with Crippen LogP contribution in [0.3, 0.4) is 0 Å². The largest absolute Gasteiger partial charge is 0.457 e. The number of benzene rings is 3. The molecular formula is C25H20FN3O2. The Kier molecular flexibility index (Phi) is 4.59. The highest BCUT2D eigenvalue weighted by molar-refractivity contribution is 5.95. The Morgan fingerprint density at radius 3 is 2.55 bits per heavy atom. The van der Waals surface area contributed by atoms with Crippen molar-refractivity contribution in [2.45, 2.75) is 12.0 Å². The number of hydrogen-bond donors (Lipinski definition) is 1. The molecule has 1 saturated heterocycles. The molecule has 5 nitrogen and oxygen atoms in total. The van der Waals surface area contributed by atoms with Gasteiger partial charge in [0.25, 0.3) is 5.91 Å². The molecule has 1 unspecified atom stereocenters. The first kappa shape index (κ1) is 19.1. The average molecular weight is 413 g/mol. The monoisotopic (exact) mass is 413 g/mol. The van der Waals surface area contributed by atoms with Crippen LogP contribution in [-0.4, -0.2) is 29.4 Å². The summed E-state index contributed by atoms with van der Waals surface area (Å²) in [5, 5.41) is 12.2. The van der Waals surface area contributed by atoms with Crippen molar-refractivity contribution in [1.29, 1.82) is 5.26 Å². The molecule has 6 heteroatoms. The summed E-state index contributed by atoms with van der Waals surface area (Å²) in [6.45, 7) is 1.31. The maximum absolute atomic E-state index is 13.2. The molecule has 2 fully saturated rings. The second-order valence-electron chi connectivity index (χ2n) is 8.12. The fourth-order valence-corrected chi connectivity index (χ4v) is 4.28. The highest BCUT2D eigenvalue weighted by atomic mass is 19.1. The number of nitriles is 1. The Bertz CT molecular complexity index is 1170. The molecule has 31 heavy (non-hydrogen) atoms. The van der Waals surface area contributed by atoms with Crippen LogP contribution in [0.25, 0.3) is 11.1 Å². The first-order valence-electron chi connectivity index (χ1n) is 10.2. The van der Waals surface area contributed by atoms with Crippen molar-refractivity contribution in [3.05, 3.63) is 84.2 Å². The van der Waals surface area contributed by atoms with Crippen LogP contribution in [0, 0.1) is 23.2 Å². The lowest BCUT2D eigenvalue weighted by Gasteiger charge is -2.17. The van der Waals surface area contributed by atoms with Gasteiger partial charge in [0, 0.05) is 23.6 Å². The van der Waals surface area contributed by atoms with Gasteiger partial charge in [0.15, 0.2) is 6.19 Å². The Morgan fingerprint density at radius 1 is 1.10 bits per heavy atom. The van der Waals surface area contributed by atoms with Gasteiger partial charge >= 0.3 is 0 Å². The van der Waals surface area contributed by atoms with Gasteiger partial charge in [0.1, 0.15) is 17.3 Å². The molecule has 1 heterocycles. The summed E-state index contributed by atoms with van der Waals surface area (Å²) in [5.41, 5.74) is 2.12. The number of nitrogens with zero attached hydrogens (tertiary/aromatic N) is 2. The van der Waals surface area contributed by atoms with Crippen LogP contribution in [0.2, 0.25) is 0 Å². The Morgan fingerprint density at radius 2 is 1.84 bits per heavy atom. The van der Waals surface area contributed by atoms with Crippen molar-refractivity contribution in [3.63, 3.8) is 0 Å². The van der Waals surface area contributed by atoms with Gasteiger partial charge in [0.2, 0.25) is 0 Å². The van der Waals surface area contributed by atoms with E-state index in [4.69, 9.17) is 10.00 Å². The Labute approximate surface area is 179 Å². The number of ether oxygens (including phenoxy) is 1. The van der Waals surface area contributed by atoms with Crippen molar-refractivity contribution >= 4 is 5.91 Å². The summed E-state index contributed by atoms with van der Waals surface area (Å²) in [5.74, 6) is 1.12. The van der Waals surface area contributed by atoms with Gasteiger partial charge in [-0.25, -0.2) is 4.39 Å². The SMILES string of the molecule is N#CN1CC2C[C@]2(NC(=O)c2ccc(-c3ccccc3Oc3ccc(F)cc3)cc2)C1. The minimum Gasteiger partial charge on any atom is -0.457 e. The second-order valence-corrected chi connectivity index (χ2v) is 8.12. The van der Waals surface area contributed by atoms with Crippen LogP contribution in [-0.2, 0) is 0 Å². The van der Waals surface area contributed by atoms with Crippen LogP contribution in [0.15, 0.2) is 72.8 Å². The maximum Gasteiger partial charge on any atom is 0.251 e. The van der Waals surface area contributed by atoms with Crippen molar-refractivity contribution in [3.8, 4) is 28.8 Å². The zero-order chi connectivity index (χ0) is 21.4. The fourth-order valence-electron chi connectivity index (χ4n) is 4.28. The van der Waals surface area contributed by atoms with Gasteiger partial charge in [-0.05, 0) is 54.4 Å². The predicted molar refractivity (Wildman–Crippen MR) is 114 cm³/mol. The number of rotatable bonds is 5. The number of carbonyl (C=O) groups excluding carboxylic acids is 1. The number of nitrogens with one attached hydrogen (secondary N) is 1. The van der Waals surface area contributed by atoms with E-state index in [-0.39, 0.29) is 17.3 Å². The van der Waals surface area contributed by atoms with Gasteiger partial charge < -0.3 is 15.0 Å². The number of para-hydroxylation sites is 1. The Hall–Kier alpha value is -3.85. The standard InChI is InChI=1S/C25H20FN3O2/c26-20-9-11-21(12-10-20)31-23-4-2-1-3-22(23)17-5-7-18(8-6-17)24(30)28-25-13-19(25)14-29(15-25)16-27/h1-12,19H,13-15H2,(H,28,30)/t19?,25-/m0/s1. The fraction of sp³-hybridized carbons (Fsp3) is 0.200. The molecule has 2 atom stereocenters. The van der Waals surface area contributed by atoms with Crippen LogP contribution in [0.5, 0.6) is 11.5 Å². The smallest absolute Gasteiger partial charge is 0.251 e. The minimum atomic E-state index is -0.315. The van der Waals surface area contributed by atoms with E-state index in [1.165, 1.54) is 12.1 Å². The third-order valence-corrected chi connectivity index (χ3v) is 6.04. The number of likely N-dealkylation sites (tertiary alicyclic amines) is 1. The summed E-state index contributed by atoms with van der Waals surface area (Å²) in [7, 11) is 0. The van der Waals surface area contributed by atoms with Crippen LogP contribution in [0.4, 0.5) is 4.39 Å². The quantitative estimate of drug-likeness (QED) is 0.623. The van der Waals surface area contributed by atoms with E-state index >= 15 is 0 Å². The van der Waals surface area contributed by atoms with E-state index in [1.54, 1.807) is 29.2 Å². The number of piperidine rings is 1. The summed E-state index contributed by atoms with van der Waals surface area (Å²) >= 11 is 0. The number of hydrogen-bond acceptors (Lipinski definition) is 4. The molecule has 0 spiro atoms. The van der Waals surface area contributed by atoms with Gasteiger partial charge in [-0.3, -0.25) is 4.79 Å². The first-order valence-corrected chi connectivity index (χ1v) is 10.2. The Balaban J connectivity index is 1.32. The summed E-state index contributed by atoms with van der Waals surface area (Å²) in [6, 6.07) is 20.8. The molecular weight excluding hydrogens is 393 g/mol. The van der Waals surface area contributed by atoms with E-state index in [2.05, 4.69) is 11.5 Å². The molecule has 0 bridgehead atoms. The third kappa shape index (κ3) is 3.71. The van der Waals surface area contributed by atoms with Crippen LogP contribution >= 0.6 is 0 Å². The molecule has 5 rings (SSSR count). The molecule has 1 N–H and O–H groups in total. The maximum atomic E-state index is 13.2. The van der Waals surface area contributed by atoms with E-state index in [0.29, 0.717) is 29.5 Å². The molecule has 3 aromatic carbocycles. The summed E-state index contributed by atoms with van der Waals surface area (Å²) in [6.07, 6.45) is 3.10. The third-order valence-electron chi connectivity index (χ3n) is 6.04. The second kappa shape index (κ2) is 7.44. The zero-order valence-electron chi connectivity index (χ0n) is 16.7. The zero-order valence-corrected chi connectivity index (χ0v) is 16.7. The van der Waals surface area contributed by atoms with E-state index in [1.807, 2.05) is 36.4 Å². The van der Waals surface area contributed by atoms with Gasteiger partial charge in [-0.2, -0.15) is 5.26 Å². The lowest BCUT2D eigenvalue weighted by molar-refractivity contribution is 0.0929. The van der Waals surface area contributed by atoms with Gasteiger partial charge in [-0.15, -0.1) is 0 Å². The molecule has 1 saturated carbocycles. The van der Waals surface area contributed by atoms with E-state index in [0.717, 1.165) is 24.1 Å². The molecule has 1 amide bonds. The lowest BCUT2D eigenvalue weighted by Crippen LogP contribution is -2.41. The van der Waals surface area contributed by atoms with Gasteiger partial charge in [-0.1, -0.05) is 30.3 Å². The van der Waals surface area contributed by atoms with Crippen molar-refractivity contribution < 1.29 is 13.9 Å².